The van der Waals surface area contributed by atoms with E-state index >= 15 is 0 Å². The van der Waals surface area contributed by atoms with Gasteiger partial charge in [0, 0.05) is 6.42 Å². The van der Waals surface area contributed by atoms with Gasteiger partial charge in [0.25, 0.3) is 0 Å². The fourth-order valence-electron chi connectivity index (χ4n) is 2.78. The molecule has 1 heterocycles. The Kier molecular flexibility index (Phi) is 6.95. The maximum absolute atomic E-state index is 12.1. The smallest absolute Gasteiger partial charge is 0.340 e. The van der Waals surface area contributed by atoms with Crippen LogP contribution in [0, 0.1) is 0 Å². The SMILES string of the molecule is CCOC(=O)c1ccccc1Nc1ccc(NC(=O)CCc2ccccc2)nc1. The fourth-order valence-corrected chi connectivity index (χ4v) is 2.78. The summed E-state index contributed by atoms with van der Waals surface area (Å²) in [5, 5.41) is 5.96. The molecule has 0 saturated heterocycles. The zero-order valence-electron chi connectivity index (χ0n) is 16.2. The average molecular weight is 389 g/mol. The van der Waals surface area contributed by atoms with Gasteiger partial charge in [-0.2, -0.15) is 0 Å². The highest BCUT2D eigenvalue weighted by molar-refractivity contribution is 5.96. The number of pyridine rings is 1. The van der Waals surface area contributed by atoms with Crippen LogP contribution in [0.5, 0.6) is 0 Å². The van der Waals surface area contributed by atoms with Crippen molar-refractivity contribution in [1.29, 1.82) is 0 Å². The Morgan fingerprint density at radius 3 is 2.45 bits per heavy atom. The van der Waals surface area contributed by atoms with E-state index in [1.165, 1.54) is 0 Å². The Hall–Kier alpha value is -3.67. The van der Waals surface area contributed by atoms with E-state index in [4.69, 9.17) is 4.74 Å². The molecule has 0 atom stereocenters. The number of rotatable bonds is 8. The van der Waals surface area contributed by atoms with E-state index in [1.807, 2.05) is 36.4 Å². The molecule has 3 rings (SSSR count). The molecule has 0 spiro atoms. The minimum Gasteiger partial charge on any atom is -0.462 e. The van der Waals surface area contributed by atoms with Gasteiger partial charge in [-0.25, -0.2) is 9.78 Å². The zero-order valence-corrected chi connectivity index (χ0v) is 16.2. The van der Waals surface area contributed by atoms with Crippen molar-refractivity contribution in [2.45, 2.75) is 19.8 Å². The molecule has 0 fully saturated rings. The van der Waals surface area contributed by atoms with Crippen molar-refractivity contribution in [3.05, 3.63) is 84.1 Å². The summed E-state index contributed by atoms with van der Waals surface area (Å²) >= 11 is 0. The molecule has 6 nitrogen and oxygen atoms in total. The van der Waals surface area contributed by atoms with E-state index in [2.05, 4.69) is 15.6 Å². The van der Waals surface area contributed by atoms with Crippen LogP contribution >= 0.6 is 0 Å². The number of esters is 1. The van der Waals surface area contributed by atoms with E-state index in [9.17, 15) is 9.59 Å². The molecule has 2 N–H and O–H groups in total. The molecule has 1 aromatic heterocycles. The van der Waals surface area contributed by atoms with Crippen molar-refractivity contribution in [3.63, 3.8) is 0 Å². The molecule has 0 aliphatic rings. The van der Waals surface area contributed by atoms with Crippen molar-refractivity contribution in [2.75, 3.05) is 17.2 Å². The van der Waals surface area contributed by atoms with Crippen LogP contribution in [0.4, 0.5) is 17.2 Å². The summed E-state index contributed by atoms with van der Waals surface area (Å²) in [6.45, 7) is 2.08. The number of carbonyl (C=O) groups is 2. The quantitative estimate of drug-likeness (QED) is 0.552. The molecule has 0 unspecified atom stereocenters. The van der Waals surface area contributed by atoms with Crippen LogP contribution in [0.2, 0.25) is 0 Å². The normalized spacial score (nSPS) is 10.2. The predicted octanol–water partition coefficient (Wildman–Crippen LogP) is 4.57. The van der Waals surface area contributed by atoms with Crippen molar-refractivity contribution in [2.24, 2.45) is 0 Å². The lowest BCUT2D eigenvalue weighted by Gasteiger charge is -2.11. The number of nitrogens with one attached hydrogen (secondary N) is 2. The molecule has 3 aromatic rings. The highest BCUT2D eigenvalue weighted by atomic mass is 16.5. The number of carbonyl (C=O) groups excluding carboxylic acids is 2. The number of nitrogens with zero attached hydrogens (tertiary/aromatic N) is 1. The fraction of sp³-hybridized carbons (Fsp3) is 0.174. The van der Waals surface area contributed by atoms with Crippen LogP contribution in [-0.2, 0) is 16.0 Å². The Morgan fingerprint density at radius 1 is 0.966 bits per heavy atom. The largest absolute Gasteiger partial charge is 0.462 e. The molecule has 0 aliphatic heterocycles. The molecule has 29 heavy (non-hydrogen) atoms. The lowest BCUT2D eigenvalue weighted by molar-refractivity contribution is -0.116. The molecule has 1 amide bonds. The molecule has 148 valence electrons. The predicted molar refractivity (Wildman–Crippen MR) is 113 cm³/mol. The summed E-state index contributed by atoms with van der Waals surface area (Å²) in [6, 6.07) is 20.5. The van der Waals surface area contributed by atoms with Gasteiger partial charge in [-0.05, 0) is 43.2 Å². The van der Waals surface area contributed by atoms with Crippen LogP contribution in [-0.4, -0.2) is 23.5 Å². The lowest BCUT2D eigenvalue weighted by Crippen LogP contribution is -2.13. The first-order valence-corrected chi connectivity index (χ1v) is 9.48. The van der Waals surface area contributed by atoms with Crippen molar-refractivity contribution in [3.8, 4) is 0 Å². The first kappa shape index (κ1) is 20.1. The average Bonchev–Trinajstić information content (AvgIpc) is 2.75. The van der Waals surface area contributed by atoms with Crippen molar-refractivity contribution < 1.29 is 14.3 Å². The topological polar surface area (TPSA) is 80.3 Å². The molecule has 6 heteroatoms. The summed E-state index contributed by atoms with van der Waals surface area (Å²) in [5.41, 5.74) is 2.90. The second-order valence-electron chi connectivity index (χ2n) is 6.36. The summed E-state index contributed by atoms with van der Waals surface area (Å²) in [4.78, 5) is 28.5. The summed E-state index contributed by atoms with van der Waals surface area (Å²) in [5.74, 6) is 0.00728. The molecule has 2 aromatic carbocycles. The first-order valence-electron chi connectivity index (χ1n) is 9.48. The Bertz CT molecular complexity index is 957. The van der Waals surface area contributed by atoms with Crippen molar-refractivity contribution >= 4 is 29.1 Å². The number of aromatic nitrogens is 1. The van der Waals surface area contributed by atoms with Crippen molar-refractivity contribution in [1.82, 2.24) is 4.98 Å². The molecule has 0 aliphatic carbocycles. The molecular formula is C23H23N3O3. The maximum Gasteiger partial charge on any atom is 0.340 e. The number of benzene rings is 2. The Morgan fingerprint density at radius 2 is 1.72 bits per heavy atom. The summed E-state index contributed by atoms with van der Waals surface area (Å²) < 4.78 is 5.08. The minimum atomic E-state index is -0.383. The summed E-state index contributed by atoms with van der Waals surface area (Å²) in [6.07, 6.45) is 2.67. The molecule has 0 bridgehead atoms. The van der Waals surface area contributed by atoms with Crippen LogP contribution in [0.1, 0.15) is 29.3 Å². The van der Waals surface area contributed by atoms with Gasteiger partial charge >= 0.3 is 5.97 Å². The highest BCUT2D eigenvalue weighted by Gasteiger charge is 2.12. The standard InChI is InChI=1S/C23H23N3O3/c1-2-29-23(28)19-10-6-7-11-20(19)25-18-13-14-21(24-16-18)26-22(27)15-12-17-8-4-3-5-9-17/h3-11,13-14,16,25H,2,12,15H2,1H3,(H,24,26,27). The van der Waals surface area contributed by atoms with Gasteiger partial charge in [0.05, 0.1) is 29.7 Å². The number of ether oxygens (including phenoxy) is 1. The number of hydrogen-bond donors (Lipinski definition) is 2. The van der Waals surface area contributed by atoms with E-state index < -0.39 is 0 Å². The Balaban J connectivity index is 1.58. The number of hydrogen-bond acceptors (Lipinski definition) is 5. The second-order valence-corrected chi connectivity index (χ2v) is 6.36. The zero-order chi connectivity index (χ0) is 20.5. The Labute approximate surface area is 169 Å². The van der Waals surface area contributed by atoms with Crippen LogP contribution in [0.3, 0.4) is 0 Å². The number of amides is 1. The second kappa shape index (κ2) is 10.0. The van der Waals surface area contributed by atoms with E-state index in [-0.39, 0.29) is 11.9 Å². The van der Waals surface area contributed by atoms with Crippen LogP contribution < -0.4 is 10.6 Å². The lowest BCUT2D eigenvalue weighted by atomic mass is 10.1. The minimum absolute atomic E-state index is 0.0882. The van der Waals surface area contributed by atoms with Gasteiger partial charge in [0.15, 0.2) is 0 Å². The third-order valence-corrected chi connectivity index (χ3v) is 4.22. The number of para-hydroxylation sites is 1. The molecular weight excluding hydrogens is 366 g/mol. The third kappa shape index (κ3) is 5.90. The van der Waals surface area contributed by atoms with Gasteiger partial charge < -0.3 is 15.4 Å². The monoisotopic (exact) mass is 389 g/mol. The number of anilines is 3. The first-order chi connectivity index (χ1) is 14.2. The van der Waals surface area contributed by atoms with Gasteiger partial charge in [0.2, 0.25) is 5.91 Å². The maximum atomic E-state index is 12.1. The molecule has 0 saturated carbocycles. The van der Waals surface area contributed by atoms with E-state index in [0.29, 0.717) is 42.2 Å². The van der Waals surface area contributed by atoms with Gasteiger partial charge in [-0.3, -0.25) is 4.79 Å². The highest BCUT2D eigenvalue weighted by Crippen LogP contribution is 2.22. The van der Waals surface area contributed by atoms with E-state index in [0.717, 1.165) is 5.56 Å². The van der Waals surface area contributed by atoms with Crippen LogP contribution in [0.25, 0.3) is 0 Å². The van der Waals surface area contributed by atoms with Crippen LogP contribution in [0.15, 0.2) is 72.9 Å². The van der Waals surface area contributed by atoms with E-state index in [1.54, 1.807) is 43.5 Å². The van der Waals surface area contributed by atoms with Gasteiger partial charge in [-0.1, -0.05) is 42.5 Å². The third-order valence-electron chi connectivity index (χ3n) is 4.22. The molecule has 0 radical (unpaired) electrons. The number of aryl methyl sites for hydroxylation is 1. The van der Waals surface area contributed by atoms with Gasteiger partial charge in [0.1, 0.15) is 5.82 Å². The van der Waals surface area contributed by atoms with Gasteiger partial charge in [-0.15, -0.1) is 0 Å². The summed E-state index contributed by atoms with van der Waals surface area (Å²) in [7, 11) is 0.